The molecule has 4 fully saturated rings. The molecular formula is C32H56O4. The van der Waals surface area contributed by atoms with Gasteiger partial charge in [0.1, 0.15) is 0 Å². The maximum atomic E-state index is 12.6. The van der Waals surface area contributed by atoms with Crippen molar-refractivity contribution in [1.29, 1.82) is 0 Å². The van der Waals surface area contributed by atoms with Gasteiger partial charge in [-0.15, -0.1) is 0 Å². The number of carbonyl (C=O) groups is 1. The second-order valence-corrected chi connectivity index (χ2v) is 14.3. The molecular weight excluding hydrogens is 448 g/mol. The van der Waals surface area contributed by atoms with Gasteiger partial charge in [-0.2, -0.15) is 0 Å². The summed E-state index contributed by atoms with van der Waals surface area (Å²) in [7, 11) is 0. The van der Waals surface area contributed by atoms with Crippen LogP contribution in [0.4, 0.5) is 0 Å². The summed E-state index contributed by atoms with van der Waals surface area (Å²) in [5, 5.41) is 22.4. The summed E-state index contributed by atoms with van der Waals surface area (Å²) in [6.45, 7) is 16.4. The Balaban J connectivity index is 1.51. The van der Waals surface area contributed by atoms with Crippen LogP contribution in [0.15, 0.2) is 0 Å². The van der Waals surface area contributed by atoms with Gasteiger partial charge >= 0.3 is 5.97 Å². The van der Waals surface area contributed by atoms with Crippen molar-refractivity contribution in [3.63, 3.8) is 0 Å². The molecule has 4 heteroatoms. The minimum atomic E-state index is -0.226. The summed E-state index contributed by atoms with van der Waals surface area (Å²) in [5.41, 5.74) is 0.549. The van der Waals surface area contributed by atoms with Gasteiger partial charge in [-0.25, -0.2) is 0 Å². The first-order chi connectivity index (χ1) is 17.0. The molecule has 4 aliphatic carbocycles. The lowest BCUT2D eigenvalue weighted by molar-refractivity contribution is -0.203. The van der Waals surface area contributed by atoms with Crippen molar-refractivity contribution in [2.24, 2.45) is 64.1 Å². The van der Waals surface area contributed by atoms with Gasteiger partial charge in [0, 0.05) is 0 Å². The number of esters is 1. The molecule has 0 aliphatic heterocycles. The van der Waals surface area contributed by atoms with E-state index < -0.39 is 0 Å². The molecule has 2 N–H and O–H groups in total. The van der Waals surface area contributed by atoms with E-state index in [0.29, 0.717) is 54.0 Å². The molecule has 4 rings (SSSR count). The number of hydrogen-bond acceptors (Lipinski definition) is 4. The van der Waals surface area contributed by atoms with E-state index in [0.717, 1.165) is 38.5 Å². The minimum Gasteiger partial charge on any atom is -0.466 e. The van der Waals surface area contributed by atoms with Gasteiger partial charge in [-0.05, 0) is 123 Å². The van der Waals surface area contributed by atoms with E-state index in [9.17, 15) is 15.0 Å². The van der Waals surface area contributed by atoms with E-state index >= 15 is 0 Å². The number of rotatable bonds is 8. The summed E-state index contributed by atoms with van der Waals surface area (Å²) in [5.74, 6) is 3.92. The Morgan fingerprint density at radius 2 is 1.58 bits per heavy atom. The van der Waals surface area contributed by atoms with Crippen LogP contribution >= 0.6 is 0 Å². The highest BCUT2D eigenvalue weighted by atomic mass is 16.5. The van der Waals surface area contributed by atoms with Gasteiger partial charge in [0.15, 0.2) is 0 Å². The molecule has 0 bridgehead atoms. The number of aliphatic hydroxyl groups excluding tert-OH is 2. The van der Waals surface area contributed by atoms with Gasteiger partial charge in [0.25, 0.3) is 0 Å². The Bertz CT molecular complexity index is 765. The van der Waals surface area contributed by atoms with E-state index in [-0.39, 0.29) is 34.9 Å². The average molecular weight is 505 g/mol. The normalized spacial score (nSPS) is 45.9. The molecule has 208 valence electrons. The standard InChI is InChI=1S/C32H56O4/c1-8-22-27-18-21(33)14-16-32(27,7)26-15-17-31(6)24(12-13-25(31)28(26)29(22)34)20(5)10-11-23(19(3)4)30(35)36-9-2/h19-29,33-34H,8-18H2,1-7H3/t20-,21?,22?,23?,24-,25+,26+,27?,28+,29?,31-,32-/m1/s1. The summed E-state index contributed by atoms with van der Waals surface area (Å²) < 4.78 is 5.40. The van der Waals surface area contributed by atoms with Crippen LogP contribution in [0.5, 0.6) is 0 Å². The maximum Gasteiger partial charge on any atom is 0.309 e. The largest absolute Gasteiger partial charge is 0.466 e. The van der Waals surface area contributed by atoms with Crippen molar-refractivity contribution in [2.75, 3.05) is 6.61 Å². The second kappa shape index (κ2) is 10.9. The highest BCUT2D eigenvalue weighted by Crippen LogP contribution is 2.69. The van der Waals surface area contributed by atoms with E-state index in [4.69, 9.17) is 4.74 Å². The zero-order chi connectivity index (χ0) is 26.4. The first-order valence-electron chi connectivity index (χ1n) is 15.5. The molecule has 0 radical (unpaired) electrons. The van der Waals surface area contributed by atoms with Crippen LogP contribution in [0.1, 0.15) is 113 Å². The molecule has 4 nitrogen and oxygen atoms in total. The van der Waals surface area contributed by atoms with E-state index in [1.165, 1.54) is 25.7 Å². The van der Waals surface area contributed by atoms with Gasteiger partial charge in [-0.1, -0.05) is 48.0 Å². The summed E-state index contributed by atoms with van der Waals surface area (Å²) in [4.78, 5) is 12.6. The molecule has 0 spiro atoms. The second-order valence-electron chi connectivity index (χ2n) is 14.3. The smallest absolute Gasteiger partial charge is 0.309 e. The first kappa shape index (κ1) is 28.4. The predicted octanol–water partition coefficient (Wildman–Crippen LogP) is 6.86. The molecule has 0 heterocycles. The van der Waals surface area contributed by atoms with Gasteiger partial charge in [0.2, 0.25) is 0 Å². The zero-order valence-electron chi connectivity index (χ0n) is 24.3. The Kier molecular flexibility index (Phi) is 8.58. The highest BCUT2D eigenvalue weighted by Gasteiger charge is 2.64. The fraction of sp³-hybridized carbons (Fsp3) is 0.969. The third kappa shape index (κ3) is 4.69. The molecule has 0 aromatic carbocycles. The Labute approximate surface area is 221 Å². The molecule has 12 atom stereocenters. The Hall–Kier alpha value is -0.610. The third-order valence-corrected chi connectivity index (χ3v) is 12.5. The molecule has 0 aromatic heterocycles. The maximum absolute atomic E-state index is 12.6. The lowest BCUT2D eigenvalue weighted by atomic mass is 9.41. The summed E-state index contributed by atoms with van der Waals surface area (Å²) in [6.07, 6.45) is 10.6. The quantitative estimate of drug-likeness (QED) is 0.354. The molecule has 0 amide bonds. The Morgan fingerprint density at radius 1 is 0.917 bits per heavy atom. The summed E-state index contributed by atoms with van der Waals surface area (Å²) in [6, 6.07) is 0. The lowest BCUT2D eigenvalue weighted by Gasteiger charge is -2.64. The number of carbonyl (C=O) groups excluding carboxylic acids is 1. The van der Waals surface area contributed by atoms with E-state index in [1.54, 1.807) is 0 Å². The molecule has 0 saturated heterocycles. The van der Waals surface area contributed by atoms with Crippen LogP contribution in [0, 0.1) is 64.1 Å². The zero-order valence-corrected chi connectivity index (χ0v) is 24.3. The third-order valence-electron chi connectivity index (χ3n) is 12.5. The number of hydrogen-bond donors (Lipinski definition) is 2. The fourth-order valence-electron chi connectivity index (χ4n) is 10.5. The number of aliphatic hydroxyl groups is 2. The van der Waals surface area contributed by atoms with Crippen molar-refractivity contribution in [1.82, 2.24) is 0 Å². The molecule has 36 heavy (non-hydrogen) atoms. The molecule has 4 aliphatic rings. The van der Waals surface area contributed by atoms with Crippen molar-refractivity contribution in [3.8, 4) is 0 Å². The van der Waals surface area contributed by atoms with Crippen LogP contribution in [0.2, 0.25) is 0 Å². The number of ether oxygens (including phenoxy) is 1. The summed E-state index contributed by atoms with van der Waals surface area (Å²) >= 11 is 0. The van der Waals surface area contributed by atoms with Crippen LogP contribution < -0.4 is 0 Å². The fourth-order valence-corrected chi connectivity index (χ4v) is 10.5. The monoisotopic (exact) mass is 504 g/mol. The minimum absolute atomic E-state index is 0.00263. The van der Waals surface area contributed by atoms with Crippen LogP contribution in [0.25, 0.3) is 0 Å². The van der Waals surface area contributed by atoms with Crippen LogP contribution in [-0.4, -0.2) is 35.0 Å². The van der Waals surface area contributed by atoms with Crippen molar-refractivity contribution >= 4 is 5.97 Å². The Morgan fingerprint density at radius 3 is 2.22 bits per heavy atom. The van der Waals surface area contributed by atoms with Crippen molar-refractivity contribution in [3.05, 3.63) is 0 Å². The molecule has 5 unspecified atom stereocenters. The SMILES string of the molecule is CCOC(=O)C(CC[C@@H](C)[C@H]1CC[C@H]2[C@@H]3C(O)C(CC)C4CC(O)CC[C@]4(C)[C@H]3CC[C@]12C)C(C)C. The van der Waals surface area contributed by atoms with Crippen molar-refractivity contribution in [2.45, 2.75) is 125 Å². The first-order valence-corrected chi connectivity index (χ1v) is 15.5. The highest BCUT2D eigenvalue weighted by molar-refractivity contribution is 5.72. The van der Waals surface area contributed by atoms with E-state index in [1.807, 2.05) is 6.92 Å². The lowest BCUT2D eigenvalue weighted by Crippen LogP contribution is -2.62. The molecule has 4 saturated carbocycles. The average Bonchev–Trinajstić information content (AvgIpc) is 3.17. The van der Waals surface area contributed by atoms with Gasteiger partial charge in [-0.3, -0.25) is 4.79 Å². The number of fused-ring (bicyclic) bond motifs is 5. The van der Waals surface area contributed by atoms with Crippen LogP contribution in [-0.2, 0) is 9.53 Å². The van der Waals surface area contributed by atoms with Gasteiger partial charge < -0.3 is 14.9 Å². The van der Waals surface area contributed by atoms with Gasteiger partial charge in [0.05, 0.1) is 24.7 Å². The van der Waals surface area contributed by atoms with E-state index in [2.05, 4.69) is 41.5 Å². The van der Waals surface area contributed by atoms with Crippen LogP contribution in [0.3, 0.4) is 0 Å². The topological polar surface area (TPSA) is 66.8 Å². The van der Waals surface area contributed by atoms with Crippen molar-refractivity contribution < 1.29 is 19.7 Å². The molecule has 0 aromatic rings. The predicted molar refractivity (Wildman–Crippen MR) is 145 cm³/mol.